The topological polar surface area (TPSA) is 0 Å². The van der Waals surface area contributed by atoms with Crippen LogP contribution in [0.1, 0.15) is 161 Å². The lowest BCUT2D eigenvalue weighted by Gasteiger charge is -2.09. The van der Waals surface area contributed by atoms with E-state index in [4.69, 9.17) is 0 Å². The second-order valence-electron chi connectivity index (χ2n) is 8.34. The van der Waals surface area contributed by atoms with Gasteiger partial charge in [0.25, 0.3) is 0 Å². The summed E-state index contributed by atoms with van der Waals surface area (Å²) in [5.74, 6) is 2.84. The van der Waals surface area contributed by atoms with Gasteiger partial charge in [-0.05, 0) is 17.8 Å². The molecule has 0 aromatic rings. The van der Waals surface area contributed by atoms with Crippen LogP contribution in [0.15, 0.2) is 0 Å². The van der Waals surface area contributed by atoms with Crippen molar-refractivity contribution in [3.8, 4) is 0 Å². The molecule has 0 saturated heterocycles. The standard InChI is InChI=1S/C9H20.C7H16.C5H12.2C3H8/c1-4-7-8-9(5-2)6-3;1-4-6-7(3)5-2;1-4-5(2)3;2*1-3-2/h9H,4-8H2,1-3H3;7H,4-6H2,1-3H3;5H,4H2,1-3H3;2*3H2,1-2H3. The van der Waals surface area contributed by atoms with Gasteiger partial charge in [0.1, 0.15) is 0 Å². The van der Waals surface area contributed by atoms with E-state index in [-0.39, 0.29) is 0 Å². The summed E-state index contributed by atoms with van der Waals surface area (Å²) in [5, 5.41) is 0. The molecule has 1 unspecified atom stereocenters. The smallest absolute Gasteiger partial charge is 0.0420 e. The molecule has 0 aliphatic carbocycles. The predicted octanol–water partition coefficient (Wildman–Crippen LogP) is 11.3. The van der Waals surface area contributed by atoms with Crippen LogP contribution in [0.3, 0.4) is 0 Å². The Labute approximate surface area is 178 Å². The van der Waals surface area contributed by atoms with Crippen molar-refractivity contribution in [2.24, 2.45) is 17.8 Å². The first-order valence-corrected chi connectivity index (χ1v) is 12.8. The Morgan fingerprint density at radius 3 is 1.00 bits per heavy atom. The highest BCUT2D eigenvalue weighted by atomic mass is 14.1. The maximum Gasteiger partial charge on any atom is -0.0420 e. The van der Waals surface area contributed by atoms with Gasteiger partial charge in [-0.1, -0.05) is 161 Å². The summed E-state index contributed by atoms with van der Waals surface area (Å²) in [6, 6.07) is 0. The fraction of sp³-hybridized carbons (Fsp3) is 1.00. The van der Waals surface area contributed by atoms with Crippen LogP contribution in [-0.2, 0) is 0 Å². The van der Waals surface area contributed by atoms with Gasteiger partial charge >= 0.3 is 0 Å². The normalized spacial score (nSPS) is 10.3. The molecule has 0 bridgehead atoms. The van der Waals surface area contributed by atoms with Gasteiger partial charge in [-0.25, -0.2) is 0 Å². The van der Waals surface area contributed by atoms with E-state index < -0.39 is 0 Å². The van der Waals surface area contributed by atoms with Gasteiger partial charge in [0.2, 0.25) is 0 Å². The Bertz CT molecular complexity index is 165. The van der Waals surface area contributed by atoms with Crippen molar-refractivity contribution in [3.05, 3.63) is 0 Å². The van der Waals surface area contributed by atoms with Crippen molar-refractivity contribution in [1.29, 1.82) is 0 Å². The Balaban J connectivity index is -0.0000000801. The van der Waals surface area contributed by atoms with E-state index in [2.05, 4.69) is 90.0 Å². The third kappa shape index (κ3) is 66.6. The summed E-state index contributed by atoms with van der Waals surface area (Å²) in [4.78, 5) is 0. The first kappa shape index (κ1) is 37.7. The van der Waals surface area contributed by atoms with Gasteiger partial charge < -0.3 is 0 Å². The second kappa shape index (κ2) is 40.6. The van der Waals surface area contributed by atoms with E-state index in [1.54, 1.807) is 0 Å². The van der Waals surface area contributed by atoms with Gasteiger partial charge in [0, 0.05) is 0 Å². The number of hydrogen-bond acceptors (Lipinski definition) is 0. The van der Waals surface area contributed by atoms with Crippen LogP contribution in [0.5, 0.6) is 0 Å². The molecular formula is C27H64. The molecule has 0 aromatic heterocycles. The molecule has 0 N–H and O–H groups in total. The number of rotatable bonds is 9. The second-order valence-corrected chi connectivity index (χ2v) is 8.34. The predicted molar refractivity (Wildman–Crippen MR) is 135 cm³/mol. The highest BCUT2D eigenvalue weighted by molar-refractivity contribution is 4.53. The van der Waals surface area contributed by atoms with Crippen molar-refractivity contribution in [3.63, 3.8) is 0 Å². The van der Waals surface area contributed by atoms with Crippen molar-refractivity contribution in [2.75, 3.05) is 0 Å². The van der Waals surface area contributed by atoms with Gasteiger partial charge in [-0.15, -0.1) is 0 Å². The molecule has 0 saturated carbocycles. The maximum absolute atomic E-state index is 2.31. The largest absolute Gasteiger partial charge is 0.0656 e. The highest BCUT2D eigenvalue weighted by Gasteiger charge is 2.00. The van der Waals surface area contributed by atoms with Gasteiger partial charge in [-0.2, -0.15) is 0 Å². The summed E-state index contributed by atoms with van der Waals surface area (Å²) in [5.41, 5.74) is 0. The Morgan fingerprint density at radius 1 is 0.481 bits per heavy atom. The van der Waals surface area contributed by atoms with E-state index in [9.17, 15) is 0 Å². The van der Waals surface area contributed by atoms with Crippen molar-refractivity contribution < 1.29 is 0 Å². The van der Waals surface area contributed by atoms with Crippen LogP contribution in [0.4, 0.5) is 0 Å². The van der Waals surface area contributed by atoms with Crippen molar-refractivity contribution >= 4 is 0 Å². The first-order valence-electron chi connectivity index (χ1n) is 12.8. The number of hydrogen-bond donors (Lipinski definition) is 0. The third-order valence-electron chi connectivity index (χ3n) is 4.42. The third-order valence-corrected chi connectivity index (χ3v) is 4.42. The molecule has 0 radical (unpaired) electrons. The van der Waals surface area contributed by atoms with Crippen molar-refractivity contribution in [1.82, 2.24) is 0 Å². The monoisotopic (exact) mass is 389 g/mol. The van der Waals surface area contributed by atoms with E-state index >= 15 is 0 Å². The van der Waals surface area contributed by atoms with Crippen LogP contribution < -0.4 is 0 Å². The fourth-order valence-electron chi connectivity index (χ4n) is 1.89. The van der Waals surface area contributed by atoms with Gasteiger partial charge in [0.15, 0.2) is 0 Å². The zero-order valence-electron chi connectivity index (χ0n) is 22.5. The van der Waals surface area contributed by atoms with Crippen LogP contribution in [0, 0.1) is 17.8 Å². The Kier molecular flexibility index (Phi) is 56.7. The molecule has 0 nitrogen and oxygen atoms in total. The Hall–Kier alpha value is 0. The van der Waals surface area contributed by atoms with E-state index in [0.29, 0.717) is 0 Å². The minimum atomic E-state index is 0.884. The molecule has 0 amide bonds. The summed E-state index contributed by atoms with van der Waals surface area (Å²) in [6.07, 6.45) is 14.9. The van der Waals surface area contributed by atoms with Gasteiger partial charge in [0.05, 0.1) is 0 Å². The van der Waals surface area contributed by atoms with Crippen LogP contribution in [-0.4, -0.2) is 0 Å². The molecule has 1 atom stereocenters. The number of unbranched alkanes of at least 4 members (excludes halogenated alkanes) is 1. The molecule has 0 aromatic carbocycles. The summed E-state index contributed by atoms with van der Waals surface area (Å²) in [6.45, 7) is 28.8. The molecule has 27 heavy (non-hydrogen) atoms. The summed E-state index contributed by atoms with van der Waals surface area (Å²) < 4.78 is 0. The summed E-state index contributed by atoms with van der Waals surface area (Å²) >= 11 is 0. The van der Waals surface area contributed by atoms with Crippen molar-refractivity contribution in [2.45, 2.75) is 161 Å². The quantitative estimate of drug-likeness (QED) is 0.368. The minimum absolute atomic E-state index is 0.884. The molecule has 0 heteroatoms. The molecule has 0 rings (SSSR count). The molecule has 0 heterocycles. The molecule has 0 aliphatic heterocycles. The van der Waals surface area contributed by atoms with Gasteiger partial charge in [-0.3, -0.25) is 0 Å². The van der Waals surface area contributed by atoms with E-state index in [0.717, 1.165) is 17.8 Å². The molecular weight excluding hydrogens is 324 g/mol. The Morgan fingerprint density at radius 2 is 0.852 bits per heavy atom. The van der Waals surface area contributed by atoms with E-state index in [1.807, 2.05) is 0 Å². The van der Waals surface area contributed by atoms with E-state index in [1.165, 1.54) is 70.6 Å². The van der Waals surface area contributed by atoms with Crippen LogP contribution >= 0.6 is 0 Å². The SMILES string of the molecule is CCC.CCC.CCC(C)C.CCCC(C)CC.CCCCC(CC)CC. The summed E-state index contributed by atoms with van der Waals surface area (Å²) in [7, 11) is 0. The van der Waals surface area contributed by atoms with Crippen LogP contribution in [0.25, 0.3) is 0 Å². The molecule has 0 spiro atoms. The maximum atomic E-state index is 2.31. The first-order chi connectivity index (χ1) is 12.8. The zero-order valence-corrected chi connectivity index (χ0v) is 22.5. The minimum Gasteiger partial charge on any atom is -0.0656 e. The lowest BCUT2D eigenvalue weighted by atomic mass is 9.97. The average Bonchev–Trinajstić information content (AvgIpc) is 2.65. The van der Waals surface area contributed by atoms with Crippen LogP contribution in [0.2, 0.25) is 0 Å². The molecule has 0 aliphatic rings. The fourth-order valence-corrected chi connectivity index (χ4v) is 1.89. The average molecular weight is 389 g/mol. The lowest BCUT2D eigenvalue weighted by molar-refractivity contribution is 0.438. The lowest BCUT2D eigenvalue weighted by Crippen LogP contribution is -1.95. The zero-order chi connectivity index (χ0) is 22.5. The molecule has 0 fully saturated rings. The highest BCUT2D eigenvalue weighted by Crippen LogP contribution is 2.15. The molecule has 172 valence electrons.